The maximum absolute atomic E-state index is 13.4. The quantitative estimate of drug-likeness (QED) is 0.605. The Balaban J connectivity index is 1.58. The number of nitrogens with one attached hydrogen (secondary N) is 2. The Morgan fingerprint density at radius 1 is 1.21 bits per heavy atom. The molecule has 7 nitrogen and oxygen atoms in total. The third kappa shape index (κ3) is 4.13. The van der Waals surface area contributed by atoms with E-state index in [4.69, 9.17) is 11.6 Å². The first-order valence-corrected chi connectivity index (χ1v) is 9.46. The maximum Gasteiger partial charge on any atom is 0.223 e. The smallest absolute Gasteiger partial charge is 0.223 e. The van der Waals surface area contributed by atoms with Crippen LogP contribution in [0.3, 0.4) is 0 Å². The van der Waals surface area contributed by atoms with Crippen LogP contribution in [0.1, 0.15) is 32.6 Å². The number of hydrogen-bond acceptors (Lipinski definition) is 7. The summed E-state index contributed by atoms with van der Waals surface area (Å²) in [5, 5.41) is 16.6. The fourth-order valence-electron chi connectivity index (χ4n) is 3.29. The standard InChI is InChI=1S/C19H20ClFN6O/c1-19(28)6-4-11(5-7-19)26-18-22-9-15-16(27-18)17(24-10-23-15)25-12-2-3-14(21)13(20)8-12/h2-3,8-11,28H,4-7H2,1H3,(H,22,26,27)(H,23,24,25)/t11-,19+. The van der Waals surface area contributed by atoms with Crippen molar-refractivity contribution in [3.05, 3.63) is 41.6 Å². The van der Waals surface area contributed by atoms with Gasteiger partial charge in [-0.15, -0.1) is 0 Å². The lowest BCUT2D eigenvalue weighted by Crippen LogP contribution is -2.36. The van der Waals surface area contributed by atoms with E-state index in [2.05, 4.69) is 30.6 Å². The largest absolute Gasteiger partial charge is 0.390 e. The highest BCUT2D eigenvalue weighted by Gasteiger charge is 2.28. The van der Waals surface area contributed by atoms with Crippen LogP contribution in [0.4, 0.5) is 21.8 Å². The molecule has 28 heavy (non-hydrogen) atoms. The topological polar surface area (TPSA) is 95.9 Å². The van der Waals surface area contributed by atoms with Crippen LogP contribution in [0.5, 0.6) is 0 Å². The van der Waals surface area contributed by atoms with Crippen molar-refractivity contribution < 1.29 is 9.50 Å². The van der Waals surface area contributed by atoms with E-state index in [1.54, 1.807) is 12.3 Å². The molecule has 0 aliphatic heterocycles. The summed E-state index contributed by atoms with van der Waals surface area (Å²) in [6.07, 6.45) is 6.21. The van der Waals surface area contributed by atoms with Gasteiger partial charge in [0.25, 0.3) is 0 Å². The van der Waals surface area contributed by atoms with Gasteiger partial charge < -0.3 is 15.7 Å². The van der Waals surface area contributed by atoms with Crippen LogP contribution in [-0.4, -0.2) is 36.7 Å². The van der Waals surface area contributed by atoms with Crippen LogP contribution in [0.2, 0.25) is 5.02 Å². The van der Waals surface area contributed by atoms with Crippen LogP contribution in [0.15, 0.2) is 30.7 Å². The number of nitrogens with zero attached hydrogens (tertiary/aromatic N) is 4. The minimum Gasteiger partial charge on any atom is -0.390 e. The number of aliphatic hydroxyl groups is 1. The summed E-state index contributed by atoms with van der Waals surface area (Å²) in [5.41, 5.74) is 1.13. The Bertz CT molecular complexity index is 1000. The van der Waals surface area contributed by atoms with E-state index in [1.165, 1.54) is 18.5 Å². The van der Waals surface area contributed by atoms with Crippen LogP contribution in [0.25, 0.3) is 11.0 Å². The SMILES string of the molecule is C[C@]1(O)CC[C@@H](Nc2ncc3ncnc(Nc4ccc(F)c(Cl)c4)c3n2)CC1. The number of anilines is 3. The zero-order valence-corrected chi connectivity index (χ0v) is 16.0. The Labute approximate surface area is 166 Å². The highest BCUT2D eigenvalue weighted by atomic mass is 35.5. The lowest BCUT2D eigenvalue weighted by Gasteiger charge is -2.33. The first-order chi connectivity index (χ1) is 13.4. The summed E-state index contributed by atoms with van der Waals surface area (Å²) in [5.74, 6) is 0.471. The van der Waals surface area contributed by atoms with Crippen LogP contribution in [0, 0.1) is 5.82 Å². The molecule has 0 bridgehead atoms. The third-order valence-corrected chi connectivity index (χ3v) is 5.25. The third-order valence-electron chi connectivity index (χ3n) is 4.96. The molecule has 146 valence electrons. The predicted molar refractivity (Wildman–Crippen MR) is 106 cm³/mol. The summed E-state index contributed by atoms with van der Waals surface area (Å²) < 4.78 is 13.4. The van der Waals surface area contributed by atoms with Crippen molar-refractivity contribution in [2.45, 2.75) is 44.2 Å². The molecule has 0 radical (unpaired) electrons. The Morgan fingerprint density at radius 3 is 2.75 bits per heavy atom. The minimum absolute atomic E-state index is 0.0218. The number of aromatic nitrogens is 4. The molecule has 2 heterocycles. The minimum atomic E-state index is -0.593. The van der Waals surface area contributed by atoms with Gasteiger partial charge in [0.15, 0.2) is 5.82 Å². The fraction of sp³-hybridized carbons (Fsp3) is 0.368. The summed E-state index contributed by atoms with van der Waals surface area (Å²) in [6, 6.07) is 4.55. The van der Waals surface area contributed by atoms with Gasteiger partial charge >= 0.3 is 0 Å². The van der Waals surface area contributed by atoms with Gasteiger partial charge in [-0.05, 0) is 50.8 Å². The van der Waals surface area contributed by atoms with E-state index in [9.17, 15) is 9.50 Å². The maximum atomic E-state index is 13.4. The van der Waals surface area contributed by atoms with Gasteiger partial charge in [0, 0.05) is 11.7 Å². The van der Waals surface area contributed by atoms with Gasteiger partial charge in [0.2, 0.25) is 5.95 Å². The molecule has 1 aliphatic rings. The second-order valence-corrected chi connectivity index (χ2v) is 7.73. The molecule has 0 spiro atoms. The zero-order valence-electron chi connectivity index (χ0n) is 15.3. The predicted octanol–water partition coefficient (Wildman–Crippen LogP) is 4.06. The van der Waals surface area contributed by atoms with Crippen LogP contribution < -0.4 is 10.6 Å². The molecular weight excluding hydrogens is 383 g/mol. The molecule has 0 saturated heterocycles. The molecule has 0 atom stereocenters. The average molecular weight is 403 g/mol. The zero-order chi connectivity index (χ0) is 19.7. The normalized spacial score (nSPS) is 22.2. The Hall–Kier alpha value is -2.58. The van der Waals surface area contributed by atoms with Crippen molar-refractivity contribution in [2.75, 3.05) is 10.6 Å². The van der Waals surface area contributed by atoms with E-state index in [1.807, 2.05) is 6.92 Å². The van der Waals surface area contributed by atoms with Crippen molar-refractivity contribution in [1.82, 2.24) is 19.9 Å². The van der Waals surface area contributed by atoms with Crippen LogP contribution in [-0.2, 0) is 0 Å². The van der Waals surface area contributed by atoms with Crippen molar-refractivity contribution in [2.24, 2.45) is 0 Å². The first-order valence-electron chi connectivity index (χ1n) is 9.08. The monoisotopic (exact) mass is 402 g/mol. The fourth-order valence-corrected chi connectivity index (χ4v) is 3.47. The van der Waals surface area contributed by atoms with Crippen molar-refractivity contribution in [1.29, 1.82) is 0 Å². The highest BCUT2D eigenvalue weighted by Crippen LogP contribution is 2.30. The summed E-state index contributed by atoms with van der Waals surface area (Å²) in [4.78, 5) is 17.4. The number of fused-ring (bicyclic) bond motifs is 1. The molecule has 1 saturated carbocycles. The van der Waals surface area contributed by atoms with Crippen molar-refractivity contribution in [3.8, 4) is 0 Å². The second-order valence-electron chi connectivity index (χ2n) is 7.32. The van der Waals surface area contributed by atoms with E-state index >= 15 is 0 Å². The van der Waals surface area contributed by atoms with Gasteiger partial charge in [-0.25, -0.2) is 24.3 Å². The summed E-state index contributed by atoms with van der Waals surface area (Å²) in [6.45, 7) is 1.87. The molecule has 9 heteroatoms. The van der Waals surface area contributed by atoms with Crippen LogP contribution >= 0.6 is 11.6 Å². The molecule has 0 unspecified atom stereocenters. The van der Waals surface area contributed by atoms with Gasteiger partial charge in [-0.2, -0.15) is 0 Å². The summed E-state index contributed by atoms with van der Waals surface area (Å²) in [7, 11) is 0. The summed E-state index contributed by atoms with van der Waals surface area (Å²) >= 11 is 5.85. The Kier molecular flexibility index (Phi) is 4.99. The number of benzene rings is 1. The number of rotatable bonds is 4. The molecule has 1 aliphatic carbocycles. The molecule has 1 aromatic carbocycles. The van der Waals surface area contributed by atoms with Gasteiger partial charge in [0.1, 0.15) is 23.2 Å². The molecule has 4 rings (SSSR count). The highest BCUT2D eigenvalue weighted by molar-refractivity contribution is 6.31. The van der Waals surface area contributed by atoms with Gasteiger partial charge in [0.05, 0.1) is 16.8 Å². The molecular formula is C19H20ClFN6O. The first kappa shape index (κ1) is 18.8. The van der Waals surface area contributed by atoms with Gasteiger partial charge in [-0.1, -0.05) is 11.6 Å². The lowest BCUT2D eigenvalue weighted by atomic mass is 9.84. The molecule has 3 N–H and O–H groups in total. The lowest BCUT2D eigenvalue weighted by molar-refractivity contribution is 0.0196. The molecule has 2 aromatic heterocycles. The van der Waals surface area contributed by atoms with Crippen molar-refractivity contribution >= 4 is 40.1 Å². The van der Waals surface area contributed by atoms with E-state index in [0.29, 0.717) is 28.5 Å². The van der Waals surface area contributed by atoms with E-state index in [0.717, 1.165) is 25.7 Å². The molecule has 1 fully saturated rings. The van der Waals surface area contributed by atoms with E-state index in [-0.39, 0.29) is 11.1 Å². The Morgan fingerprint density at radius 2 is 2.00 bits per heavy atom. The number of hydrogen-bond donors (Lipinski definition) is 3. The molecule has 3 aromatic rings. The number of halogens is 2. The van der Waals surface area contributed by atoms with Crippen molar-refractivity contribution in [3.63, 3.8) is 0 Å². The van der Waals surface area contributed by atoms with Gasteiger partial charge in [-0.3, -0.25) is 0 Å². The average Bonchev–Trinajstić information content (AvgIpc) is 2.67. The second kappa shape index (κ2) is 7.44. The molecule has 0 amide bonds. The van der Waals surface area contributed by atoms with E-state index < -0.39 is 11.4 Å².